The molecule has 7 rings (SSSR count). The van der Waals surface area contributed by atoms with E-state index >= 15 is 0 Å². The molecule has 4 atom stereocenters. The molecular weight excluding hydrogens is 624 g/mol. The lowest BCUT2D eigenvalue weighted by molar-refractivity contribution is -0.136. The van der Waals surface area contributed by atoms with Gasteiger partial charge in [0, 0.05) is 36.4 Å². The largest absolute Gasteiger partial charge is 0.488 e. The highest BCUT2D eigenvalue weighted by molar-refractivity contribution is 6.07. The molecule has 5 aromatic rings. The number of rotatable bonds is 11. The summed E-state index contributed by atoms with van der Waals surface area (Å²) in [5.74, 6) is 3.05. The van der Waals surface area contributed by atoms with Crippen LogP contribution in [0.5, 0.6) is 5.75 Å². The zero-order valence-corrected chi connectivity index (χ0v) is 29.9. The topological polar surface area (TPSA) is 107 Å². The molecule has 2 aromatic heterocycles. The molecule has 0 spiro atoms. The third-order valence-electron chi connectivity index (χ3n) is 10.7. The highest BCUT2D eigenvalue weighted by atomic mass is 16.5. The summed E-state index contributed by atoms with van der Waals surface area (Å²) in [6, 6.07) is 14.9. The molecule has 9 heteroatoms. The third-order valence-corrected chi connectivity index (χ3v) is 10.7. The zero-order valence-electron chi connectivity index (χ0n) is 29.9. The van der Waals surface area contributed by atoms with Gasteiger partial charge >= 0.3 is 0 Å². The van der Waals surface area contributed by atoms with E-state index in [0.29, 0.717) is 26.0 Å². The van der Waals surface area contributed by atoms with Gasteiger partial charge in [0.05, 0.1) is 35.0 Å². The highest BCUT2D eigenvalue weighted by Gasteiger charge is 2.36. The number of ether oxygens (including phenoxy) is 1. The monoisotopic (exact) mass is 672 g/mol. The summed E-state index contributed by atoms with van der Waals surface area (Å²) in [6.45, 7) is 15.5. The average Bonchev–Trinajstić information content (AvgIpc) is 3.89. The van der Waals surface area contributed by atoms with Gasteiger partial charge in [0.25, 0.3) is 0 Å². The Bertz CT molecular complexity index is 2080. The molecule has 0 saturated carbocycles. The molecule has 2 aliphatic rings. The van der Waals surface area contributed by atoms with Gasteiger partial charge in [-0.05, 0) is 91.8 Å². The van der Waals surface area contributed by atoms with Crippen molar-refractivity contribution in [1.29, 1.82) is 0 Å². The Balaban J connectivity index is 1.18. The summed E-state index contributed by atoms with van der Waals surface area (Å²) >= 11 is 0. The minimum atomic E-state index is -0.152. The van der Waals surface area contributed by atoms with Crippen molar-refractivity contribution in [3.05, 3.63) is 78.5 Å². The number of amides is 2. The van der Waals surface area contributed by atoms with Crippen LogP contribution in [-0.4, -0.2) is 54.1 Å². The number of carbonyl (C=O) groups excluding carboxylic acids is 2. The maximum absolute atomic E-state index is 13.0. The first-order valence-corrected chi connectivity index (χ1v) is 18.2. The van der Waals surface area contributed by atoms with Gasteiger partial charge in [0.1, 0.15) is 24.0 Å². The number of fused-ring (bicyclic) bond motifs is 6. The number of likely N-dealkylation sites (tertiary alicyclic amines) is 1. The van der Waals surface area contributed by atoms with Gasteiger partial charge in [-0.1, -0.05) is 45.0 Å². The van der Waals surface area contributed by atoms with Gasteiger partial charge in [-0.25, -0.2) is 9.97 Å². The van der Waals surface area contributed by atoms with E-state index < -0.39 is 0 Å². The normalized spacial score (nSPS) is 18.1. The predicted octanol–water partition coefficient (Wildman–Crippen LogP) is 9.03. The van der Waals surface area contributed by atoms with Gasteiger partial charge in [-0.2, -0.15) is 0 Å². The van der Waals surface area contributed by atoms with E-state index in [1.54, 1.807) is 0 Å². The van der Waals surface area contributed by atoms with E-state index in [2.05, 4.69) is 79.8 Å². The Hall–Kier alpha value is -4.92. The second kappa shape index (κ2) is 13.8. The summed E-state index contributed by atoms with van der Waals surface area (Å²) < 4.78 is 6.40. The zero-order chi connectivity index (χ0) is 35.1. The lowest BCUT2D eigenvalue weighted by atomic mass is 9.92. The van der Waals surface area contributed by atoms with E-state index in [4.69, 9.17) is 14.7 Å². The minimum Gasteiger partial charge on any atom is -0.488 e. The molecule has 2 N–H and O–H groups in total. The molecule has 4 heterocycles. The van der Waals surface area contributed by atoms with Crippen molar-refractivity contribution >= 4 is 33.6 Å². The fourth-order valence-electron chi connectivity index (χ4n) is 7.78. The van der Waals surface area contributed by atoms with E-state index in [-0.39, 0.29) is 35.9 Å². The molecule has 260 valence electrons. The molecule has 3 aromatic carbocycles. The number of benzene rings is 3. The first-order chi connectivity index (χ1) is 24.2. The van der Waals surface area contributed by atoms with Crippen molar-refractivity contribution in [1.82, 2.24) is 29.7 Å². The summed E-state index contributed by atoms with van der Waals surface area (Å²) in [6.07, 6.45) is 8.26. The van der Waals surface area contributed by atoms with Crippen molar-refractivity contribution in [3.63, 3.8) is 0 Å². The van der Waals surface area contributed by atoms with Crippen molar-refractivity contribution in [2.24, 2.45) is 5.92 Å². The standard InChI is InChI=1S/C41H48N6O3/c1-7-11-37(48)46-22-26(10-4)17-35(46)41-43-33-16-14-27-19-32-30-15-13-28(18-29(30)23-50-36(32)20-31(27)39(33)45-41)34-21-42-40(44-34)25(6)47(24(5)9-3)38(49)12-8-2/h10,13-16,18-21,24-26,35H,4,7-9,11-12,17,22-23H2,1-3,5-6H3,(H,42,44)(H,43,45)/t24-,25-,26-,35-/m0/s1. The number of aromatic amines is 2. The van der Waals surface area contributed by atoms with Crippen molar-refractivity contribution in [3.8, 4) is 28.1 Å². The number of nitrogens with zero attached hydrogens (tertiary/aromatic N) is 4. The summed E-state index contributed by atoms with van der Waals surface area (Å²) in [5, 5.41) is 2.14. The lowest BCUT2D eigenvalue weighted by Gasteiger charge is -2.33. The molecular formula is C41H48N6O3. The first kappa shape index (κ1) is 33.6. The molecule has 0 aliphatic carbocycles. The first-order valence-electron chi connectivity index (χ1n) is 18.2. The maximum Gasteiger partial charge on any atom is 0.223 e. The Morgan fingerprint density at radius 1 is 1.06 bits per heavy atom. The predicted molar refractivity (Wildman–Crippen MR) is 199 cm³/mol. The second-order valence-corrected chi connectivity index (χ2v) is 14.0. The SMILES string of the molecule is C=C[C@H]1C[C@@H](c2nc3ccc4cc5c(cc4c3[nH]2)OCc2cc(-c3cnc([C@H](C)N(C(=O)CCC)[C@@H](C)CC)[nH]3)ccc2-5)N(C(=O)CCC)C1. The number of hydrogen-bond acceptors (Lipinski definition) is 5. The van der Waals surface area contributed by atoms with E-state index in [0.717, 1.165) is 92.8 Å². The minimum absolute atomic E-state index is 0.0917. The van der Waals surface area contributed by atoms with Crippen LogP contribution in [0.25, 0.3) is 44.2 Å². The Morgan fingerprint density at radius 3 is 2.64 bits per heavy atom. The van der Waals surface area contributed by atoms with Crippen LogP contribution in [0.2, 0.25) is 0 Å². The quantitative estimate of drug-likeness (QED) is 0.136. The summed E-state index contributed by atoms with van der Waals surface area (Å²) in [7, 11) is 0. The van der Waals surface area contributed by atoms with Gasteiger partial charge < -0.3 is 24.5 Å². The van der Waals surface area contributed by atoms with Crippen LogP contribution in [0.15, 0.2) is 61.3 Å². The van der Waals surface area contributed by atoms with Crippen LogP contribution in [0.3, 0.4) is 0 Å². The summed E-state index contributed by atoms with van der Waals surface area (Å²) in [4.78, 5) is 46.8. The van der Waals surface area contributed by atoms with Crippen LogP contribution >= 0.6 is 0 Å². The average molecular weight is 673 g/mol. The molecule has 2 amide bonds. The Morgan fingerprint density at radius 2 is 1.88 bits per heavy atom. The van der Waals surface area contributed by atoms with Crippen LogP contribution < -0.4 is 4.74 Å². The number of hydrogen-bond donors (Lipinski definition) is 2. The van der Waals surface area contributed by atoms with Gasteiger partial charge in [-0.3, -0.25) is 9.59 Å². The molecule has 1 fully saturated rings. The van der Waals surface area contributed by atoms with Crippen molar-refractivity contribution in [2.75, 3.05) is 6.54 Å². The second-order valence-electron chi connectivity index (χ2n) is 14.0. The van der Waals surface area contributed by atoms with Gasteiger partial charge in [0.15, 0.2) is 0 Å². The number of carbonyl (C=O) groups is 2. The fraction of sp³-hybridized carbons (Fsp3) is 0.415. The van der Waals surface area contributed by atoms with E-state index in [1.807, 2.05) is 35.9 Å². The van der Waals surface area contributed by atoms with Crippen molar-refractivity contribution < 1.29 is 14.3 Å². The maximum atomic E-state index is 13.0. The van der Waals surface area contributed by atoms with Gasteiger partial charge in [-0.15, -0.1) is 6.58 Å². The molecule has 50 heavy (non-hydrogen) atoms. The van der Waals surface area contributed by atoms with Crippen LogP contribution in [0.4, 0.5) is 0 Å². The molecule has 9 nitrogen and oxygen atoms in total. The molecule has 2 aliphatic heterocycles. The van der Waals surface area contributed by atoms with Crippen LogP contribution in [0, 0.1) is 5.92 Å². The molecule has 0 radical (unpaired) electrons. The van der Waals surface area contributed by atoms with Crippen molar-refractivity contribution in [2.45, 2.75) is 97.9 Å². The molecule has 0 bridgehead atoms. The van der Waals surface area contributed by atoms with E-state index in [1.165, 1.54) is 0 Å². The number of imidazole rings is 2. The smallest absolute Gasteiger partial charge is 0.223 e. The molecule has 1 saturated heterocycles. The van der Waals surface area contributed by atoms with E-state index in [9.17, 15) is 9.59 Å². The number of nitrogens with one attached hydrogen (secondary N) is 2. The van der Waals surface area contributed by atoms with Gasteiger partial charge in [0.2, 0.25) is 11.8 Å². The third kappa shape index (κ3) is 5.97. The molecule has 0 unspecified atom stereocenters. The Kier molecular flexibility index (Phi) is 9.24. The lowest BCUT2D eigenvalue weighted by Crippen LogP contribution is -2.40. The number of aromatic nitrogens is 4. The fourth-order valence-corrected chi connectivity index (χ4v) is 7.78. The number of H-pyrrole nitrogens is 2. The Labute approximate surface area is 294 Å². The van der Waals surface area contributed by atoms with Crippen LogP contribution in [0.1, 0.15) is 102 Å². The van der Waals surface area contributed by atoms with Crippen LogP contribution in [-0.2, 0) is 16.2 Å². The highest BCUT2D eigenvalue weighted by Crippen LogP contribution is 2.43. The summed E-state index contributed by atoms with van der Waals surface area (Å²) in [5.41, 5.74) is 7.10.